The van der Waals surface area contributed by atoms with Gasteiger partial charge in [-0.05, 0) is 32.2 Å². The zero-order chi connectivity index (χ0) is 11.5. The largest absolute Gasteiger partial charge is 0.310 e. The van der Waals surface area contributed by atoms with Crippen LogP contribution in [0.1, 0.15) is 39.5 Å². The van der Waals surface area contributed by atoms with Crippen molar-refractivity contribution in [3.05, 3.63) is 12.2 Å². The monoisotopic (exact) mass is 217 g/mol. The maximum absolute atomic E-state index is 13.0. The van der Waals surface area contributed by atoms with Crippen molar-refractivity contribution in [3.63, 3.8) is 0 Å². The molecule has 0 heterocycles. The Morgan fingerprint density at radius 2 is 2.00 bits per heavy atom. The van der Waals surface area contributed by atoms with Crippen LogP contribution in [-0.4, -0.2) is 18.5 Å². The SMILES string of the molecule is C=C(C)C(NCC)C1CCC(F)(F)CC1. The highest BCUT2D eigenvalue weighted by molar-refractivity contribution is 5.05. The van der Waals surface area contributed by atoms with Gasteiger partial charge in [0.1, 0.15) is 0 Å². The van der Waals surface area contributed by atoms with Crippen molar-refractivity contribution >= 4 is 0 Å². The maximum atomic E-state index is 13.0. The molecular weight excluding hydrogens is 196 g/mol. The normalized spacial score (nSPS) is 23.7. The van der Waals surface area contributed by atoms with Gasteiger partial charge in [-0.1, -0.05) is 19.1 Å². The van der Waals surface area contributed by atoms with Gasteiger partial charge in [0.15, 0.2) is 0 Å². The average Bonchev–Trinajstić information content (AvgIpc) is 2.14. The van der Waals surface area contributed by atoms with Crippen molar-refractivity contribution in [2.24, 2.45) is 5.92 Å². The summed E-state index contributed by atoms with van der Waals surface area (Å²) in [6, 6.07) is 0.214. The quantitative estimate of drug-likeness (QED) is 0.712. The van der Waals surface area contributed by atoms with Crippen molar-refractivity contribution in [3.8, 4) is 0 Å². The minimum absolute atomic E-state index is 0.0346. The summed E-state index contributed by atoms with van der Waals surface area (Å²) in [5.41, 5.74) is 1.06. The van der Waals surface area contributed by atoms with Crippen molar-refractivity contribution in [1.82, 2.24) is 5.32 Å². The highest BCUT2D eigenvalue weighted by Gasteiger charge is 2.37. The molecule has 1 fully saturated rings. The lowest BCUT2D eigenvalue weighted by atomic mass is 9.80. The van der Waals surface area contributed by atoms with Crippen LogP contribution in [0.4, 0.5) is 8.78 Å². The Bertz CT molecular complexity index is 216. The van der Waals surface area contributed by atoms with Crippen LogP contribution < -0.4 is 5.32 Å². The second-order valence-electron chi connectivity index (χ2n) is 4.58. The molecule has 0 aromatic heterocycles. The maximum Gasteiger partial charge on any atom is 0.248 e. The fraction of sp³-hybridized carbons (Fsp3) is 0.833. The number of halogens is 2. The summed E-state index contributed by atoms with van der Waals surface area (Å²) in [5.74, 6) is -2.09. The van der Waals surface area contributed by atoms with Crippen LogP contribution in [-0.2, 0) is 0 Å². The van der Waals surface area contributed by atoms with Gasteiger partial charge in [0.2, 0.25) is 5.92 Å². The lowest BCUT2D eigenvalue weighted by Gasteiger charge is -2.34. The number of hydrogen-bond acceptors (Lipinski definition) is 1. The Kier molecular flexibility index (Phi) is 4.26. The lowest BCUT2D eigenvalue weighted by molar-refractivity contribution is -0.0481. The van der Waals surface area contributed by atoms with E-state index in [1.54, 1.807) is 0 Å². The van der Waals surface area contributed by atoms with Crippen molar-refractivity contribution < 1.29 is 8.78 Å². The molecule has 0 radical (unpaired) electrons. The van der Waals surface area contributed by atoms with Crippen LogP contribution in [0.15, 0.2) is 12.2 Å². The Morgan fingerprint density at radius 3 is 2.40 bits per heavy atom. The molecule has 0 spiro atoms. The summed E-state index contributed by atoms with van der Waals surface area (Å²) in [6.07, 6.45) is 1.29. The molecule has 15 heavy (non-hydrogen) atoms. The van der Waals surface area contributed by atoms with Gasteiger partial charge in [0, 0.05) is 18.9 Å². The summed E-state index contributed by atoms with van der Waals surface area (Å²) >= 11 is 0. The van der Waals surface area contributed by atoms with Gasteiger partial charge in [0.25, 0.3) is 0 Å². The van der Waals surface area contributed by atoms with Crippen LogP contribution in [0.3, 0.4) is 0 Å². The number of nitrogens with one attached hydrogen (secondary N) is 1. The fourth-order valence-electron chi connectivity index (χ4n) is 2.36. The molecule has 0 aromatic carbocycles. The molecule has 0 aliphatic heterocycles. The first-order chi connectivity index (χ1) is 6.96. The Hall–Kier alpha value is -0.440. The van der Waals surface area contributed by atoms with E-state index in [4.69, 9.17) is 0 Å². The van der Waals surface area contributed by atoms with Gasteiger partial charge >= 0.3 is 0 Å². The van der Waals surface area contributed by atoms with Crippen molar-refractivity contribution in [2.45, 2.75) is 51.5 Å². The van der Waals surface area contributed by atoms with E-state index in [1.165, 1.54) is 0 Å². The molecule has 0 bridgehead atoms. The third kappa shape index (κ3) is 3.56. The first-order valence-corrected chi connectivity index (χ1v) is 5.73. The van der Waals surface area contributed by atoms with Crippen LogP contribution in [0, 0.1) is 5.92 Å². The van der Waals surface area contributed by atoms with Gasteiger partial charge in [-0.3, -0.25) is 0 Å². The minimum Gasteiger partial charge on any atom is -0.310 e. The first-order valence-electron chi connectivity index (χ1n) is 5.73. The molecule has 88 valence electrons. The predicted octanol–water partition coefficient (Wildman–Crippen LogP) is 3.37. The average molecular weight is 217 g/mol. The van der Waals surface area contributed by atoms with E-state index in [2.05, 4.69) is 11.9 Å². The zero-order valence-electron chi connectivity index (χ0n) is 9.65. The Balaban J connectivity index is 2.52. The summed E-state index contributed by atoms with van der Waals surface area (Å²) < 4.78 is 26.0. The number of alkyl halides is 2. The number of rotatable bonds is 4. The highest BCUT2D eigenvalue weighted by atomic mass is 19.3. The van der Waals surface area contributed by atoms with Crippen molar-refractivity contribution in [1.29, 1.82) is 0 Å². The van der Waals surface area contributed by atoms with E-state index in [1.807, 2.05) is 13.8 Å². The molecule has 0 saturated heterocycles. The molecule has 1 atom stereocenters. The lowest BCUT2D eigenvalue weighted by Crippen LogP contribution is -2.40. The summed E-state index contributed by atoms with van der Waals surface area (Å²) in [4.78, 5) is 0. The minimum atomic E-state index is -2.43. The van der Waals surface area contributed by atoms with E-state index in [0.29, 0.717) is 18.8 Å². The second-order valence-corrected chi connectivity index (χ2v) is 4.58. The van der Waals surface area contributed by atoms with Crippen LogP contribution in [0.25, 0.3) is 0 Å². The molecule has 1 unspecified atom stereocenters. The highest BCUT2D eigenvalue weighted by Crippen LogP contribution is 2.38. The van der Waals surface area contributed by atoms with Crippen LogP contribution >= 0.6 is 0 Å². The Labute approximate surface area is 90.9 Å². The van der Waals surface area contributed by atoms with E-state index in [9.17, 15) is 8.78 Å². The van der Waals surface area contributed by atoms with E-state index < -0.39 is 5.92 Å². The van der Waals surface area contributed by atoms with Gasteiger partial charge in [0.05, 0.1) is 0 Å². The molecule has 1 aliphatic rings. The zero-order valence-corrected chi connectivity index (χ0v) is 9.65. The summed E-state index contributed by atoms with van der Waals surface area (Å²) in [7, 11) is 0. The molecular formula is C12H21F2N. The van der Waals surface area contributed by atoms with E-state index in [0.717, 1.165) is 12.1 Å². The topological polar surface area (TPSA) is 12.0 Å². The smallest absolute Gasteiger partial charge is 0.248 e. The van der Waals surface area contributed by atoms with Gasteiger partial charge in [-0.15, -0.1) is 0 Å². The van der Waals surface area contributed by atoms with Crippen molar-refractivity contribution in [2.75, 3.05) is 6.54 Å². The van der Waals surface area contributed by atoms with Gasteiger partial charge in [-0.2, -0.15) is 0 Å². The predicted molar refractivity (Wildman–Crippen MR) is 59.2 cm³/mol. The van der Waals surface area contributed by atoms with E-state index >= 15 is 0 Å². The number of likely N-dealkylation sites (N-methyl/N-ethyl adjacent to an activating group) is 1. The first kappa shape index (κ1) is 12.6. The standard InChI is InChI=1S/C12H21F2N/c1-4-15-11(9(2)3)10-5-7-12(13,14)8-6-10/h10-11,15H,2,4-8H2,1,3H3. The molecule has 1 aliphatic carbocycles. The second kappa shape index (κ2) is 5.06. The van der Waals surface area contributed by atoms with Crippen LogP contribution in [0.2, 0.25) is 0 Å². The molecule has 0 amide bonds. The molecule has 1 rings (SSSR count). The molecule has 0 aromatic rings. The molecule has 1 N–H and O–H groups in total. The summed E-state index contributed by atoms with van der Waals surface area (Å²) in [5, 5.41) is 3.33. The van der Waals surface area contributed by atoms with Crippen LogP contribution in [0.5, 0.6) is 0 Å². The summed E-state index contributed by atoms with van der Waals surface area (Å²) in [6.45, 7) is 8.81. The van der Waals surface area contributed by atoms with E-state index in [-0.39, 0.29) is 18.9 Å². The Morgan fingerprint density at radius 1 is 1.47 bits per heavy atom. The third-order valence-corrected chi connectivity index (χ3v) is 3.19. The molecule has 1 saturated carbocycles. The number of hydrogen-bond donors (Lipinski definition) is 1. The molecule has 1 nitrogen and oxygen atoms in total. The fourth-order valence-corrected chi connectivity index (χ4v) is 2.36. The van der Waals surface area contributed by atoms with Gasteiger partial charge < -0.3 is 5.32 Å². The third-order valence-electron chi connectivity index (χ3n) is 3.19. The van der Waals surface area contributed by atoms with Gasteiger partial charge in [-0.25, -0.2) is 8.78 Å². The molecule has 3 heteroatoms.